The molecule has 0 N–H and O–H groups in total. The van der Waals surface area contributed by atoms with Crippen molar-refractivity contribution in [3.63, 3.8) is 0 Å². The number of nitrogens with zero attached hydrogens (tertiary/aromatic N) is 3. The van der Waals surface area contributed by atoms with E-state index in [1.54, 1.807) is 36.4 Å². The maximum atomic E-state index is 12.7. The number of hydrogen-bond acceptors (Lipinski definition) is 8. The van der Waals surface area contributed by atoms with E-state index in [1.165, 1.54) is 26.2 Å². The Bertz CT molecular complexity index is 1370. The van der Waals surface area contributed by atoms with E-state index >= 15 is 0 Å². The molecule has 0 fully saturated rings. The number of esters is 1. The highest BCUT2D eigenvalue weighted by atomic mass is 35.5. The fraction of sp³-hybridized carbons (Fsp3) is 0.0833. The second-order valence-corrected chi connectivity index (χ2v) is 7.57. The minimum Gasteiger partial charge on any atom is -0.493 e. The minimum absolute atomic E-state index is 0.0227. The largest absolute Gasteiger partial charge is 0.493 e. The smallest absolute Gasteiger partial charge is 0.344 e. The number of ether oxygens (including phenoxy) is 2. The van der Waals surface area contributed by atoms with Crippen LogP contribution in [0.4, 0.5) is 11.4 Å². The molecule has 3 aromatic rings. The van der Waals surface area contributed by atoms with Crippen molar-refractivity contribution in [2.75, 3.05) is 7.11 Å². The Labute approximate surface area is 203 Å². The van der Waals surface area contributed by atoms with E-state index in [9.17, 15) is 30.3 Å². The molecular weight excluding hydrogens is 478 g/mol. The third kappa shape index (κ3) is 5.61. The van der Waals surface area contributed by atoms with Crippen molar-refractivity contribution in [1.82, 2.24) is 0 Å². The van der Waals surface area contributed by atoms with Gasteiger partial charge in [0.25, 0.3) is 11.4 Å². The van der Waals surface area contributed by atoms with Gasteiger partial charge in [-0.25, -0.2) is 4.79 Å². The number of halogens is 1. The molecule has 0 amide bonds. The molecule has 0 unspecified atom stereocenters. The van der Waals surface area contributed by atoms with E-state index in [0.29, 0.717) is 21.7 Å². The van der Waals surface area contributed by atoms with E-state index < -0.39 is 27.2 Å². The van der Waals surface area contributed by atoms with E-state index in [4.69, 9.17) is 21.1 Å². The molecule has 3 aromatic carbocycles. The second kappa shape index (κ2) is 10.5. The van der Waals surface area contributed by atoms with Crippen LogP contribution in [0.15, 0.2) is 54.6 Å². The Balaban J connectivity index is 1.94. The Hall–Kier alpha value is -4.75. The van der Waals surface area contributed by atoms with Crippen LogP contribution in [0.1, 0.15) is 27.0 Å². The molecular formula is C24H16ClN3O7. The van der Waals surface area contributed by atoms with Gasteiger partial charge >= 0.3 is 5.97 Å². The van der Waals surface area contributed by atoms with E-state index in [0.717, 1.165) is 12.1 Å². The summed E-state index contributed by atoms with van der Waals surface area (Å²) in [5, 5.41) is 32.6. The first-order valence-corrected chi connectivity index (χ1v) is 10.2. The van der Waals surface area contributed by atoms with Crippen LogP contribution in [0.3, 0.4) is 0 Å². The molecule has 0 atom stereocenters. The molecule has 0 heterocycles. The molecule has 0 saturated heterocycles. The van der Waals surface area contributed by atoms with Crippen LogP contribution < -0.4 is 9.47 Å². The van der Waals surface area contributed by atoms with Crippen LogP contribution in [-0.4, -0.2) is 22.9 Å². The summed E-state index contributed by atoms with van der Waals surface area (Å²) in [6.07, 6.45) is 1.60. The van der Waals surface area contributed by atoms with Crippen molar-refractivity contribution in [2.24, 2.45) is 0 Å². The monoisotopic (exact) mass is 493 g/mol. The maximum absolute atomic E-state index is 12.7. The predicted molar refractivity (Wildman–Crippen MR) is 127 cm³/mol. The lowest BCUT2D eigenvalue weighted by Crippen LogP contribution is -2.11. The minimum atomic E-state index is -1.04. The van der Waals surface area contributed by atoms with Crippen LogP contribution in [0.25, 0.3) is 11.6 Å². The SMILES string of the molecule is COc1cc(/C=C(\C#N)c2ccc(Cl)cc2)ccc1OC(=O)c1cc([N+](=O)[O-])c(C)c([N+](=O)[O-])c1. The molecule has 0 bridgehead atoms. The van der Waals surface area contributed by atoms with Crippen molar-refractivity contribution in [3.05, 3.63) is 102 Å². The number of nitriles is 1. The van der Waals surface area contributed by atoms with E-state index in [1.807, 2.05) is 0 Å². The molecule has 0 aliphatic rings. The van der Waals surface area contributed by atoms with Crippen LogP contribution in [0, 0.1) is 38.5 Å². The standard InChI is InChI=1S/C24H16ClN3O7/c1-14-20(27(30)31)11-17(12-21(14)28(32)33)24(29)35-22-8-3-15(10-23(22)34-2)9-18(13-26)16-4-6-19(25)7-5-16/h3-12H,1-2H3/b18-9+. The Morgan fingerprint density at radius 1 is 0.971 bits per heavy atom. The van der Waals surface area contributed by atoms with Gasteiger partial charge in [0.1, 0.15) is 5.56 Å². The average Bonchev–Trinajstić information content (AvgIpc) is 2.83. The average molecular weight is 494 g/mol. The van der Waals surface area contributed by atoms with Crippen molar-refractivity contribution < 1.29 is 24.1 Å². The quantitative estimate of drug-likeness (QED) is 0.101. The second-order valence-electron chi connectivity index (χ2n) is 7.13. The van der Waals surface area contributed by atoms with Crippen molar-refractivity contribution >= 4 is 40.6 Å². The summed E-state index contributed by atoms with van der Waals surface area (Å²) in [6, 6.07) is 15.2. The molecule has 11 heteroatoms. The third-order valence-electron chi connectivity index (χ3n) is 4.96. The van der Waals surface area contributed by atoms with Crippen LogP contribution in [-0.2, 0) is 0 Å². The van der Waals surface area contributed by atoms with Gasteiger partial charge in [0.05, 0.1) is 34.2 Å². The lowest BCUT2D eigenvalue weighted by atomic mass is 10.0. The number of rotatable bonds is 7. The molecule has 0 spiro atoms. The van der Waals surface area contributed by atoms with E-state index in [2.05, 4.69) is 6.07 Å². The first kappa shape index (κ1) is 24.9. The molecule has 35 heavy (non-hydrogen) atoms. The van der Waals surface area contributed by atoms with Gasteiger partial charge in [0.2, 0.25) is 0 Å². The van der Waals surface area contributed by atoms with Crippen molar-refractivity contribution in [3.8, 4) is 17.6 Å². The number of allylic oxidation sites excluding steroid dienone is 1. The molecule has 3 rings (SSSR count). The first-order chi connectivity index (χ1) is 16.6. The van der Waals surface area contributed by atoms with Gasteiger partial charge in [0, 0.05) is 17.2 Å². The highest BCUT2D eigenvalue weighted by Gasteiger charge is 2.26. The Morgan fingerprint density at radius 3 is 2.09 bits per heavy atom. The van der Waals surface area contributed by atoms with Crippen molar-refractivity contribution in [1.29, 1.82) is 5.26 Å². The summed E-state index contributed by atoms with van der Waals surface area (Å²) in [5.74, 6) is -0.932. The van der Waals surface area contributed by atoms with Crippen molar-refractivity contribution in [2.45, 2.75) is 6.92 Å². The van der Waals surface area contributed by atoms with Gasteiger partial charge in [-0.15, -0.1) is 0 Å². The molecule has 0 radical (unpaired) electrons. The fourth-order valence-electron chi connectivity index (χ4n) is 3.17. The van der Waals surface area contributed by atoms with Gasteiger partial charge in [0.15, 0.2) is 11.5 Å². The fourth-order valence-corrected chi connectivity index (χ4v) is 3.30. The number of carbonyl (C=O) groups excluding carboxylic acids is 1. The summed E-state index contributed by atoms with van der Waals surface area (Å²) in [5.41, 5.74) is -0.139. The van der Waals surface area contributed by atoms with E-state index in [-0.39, 0.29) is 22.6 Å². The first-order valence-electron chi connectivity index (χ1n) is 9.86. The van der Waals surface area contributed by atoms with Gasteiger partial charge in [-0.3, -0.25) is 20.2 Å². The Morgan fingerprint density at radius 2 is 1.57 bits per heavy atom. The number of methoxy groups -OCH3 is 1. The molecule has 0 saturated carbocycles. The molecule has 176 valence electrons. The molecule has 0 aromatic heterocycles. The zero-order chi connectivity index (χ0) is 25.7. The lowest BCUT2D eigenvalue weighted by molar-refractivity contribution is -0.395. The summed E-state index contributed by atoms with van der Waals surface area (Å²) in [7, 11) is 1.34. The highest BCUT2D eigenvalue weighted by molar-refractivity contribution is 6.30. The lowest BCUT2D eigenvalue weighted by Gasteiger charge is -2.11. The summed E-state index contributed by atoms with van der Waals surface area (Å²) < 4.78 is 10.6. The number of nitro benzene ring substituents is 2. The molecule has 0 aliphatic carbocycles. The maximum Gasteiger partial charge on any atom is 0.344 e. The zero-order valence-corrected chi connectivity index (χ0v) is 19.1. The topological polar surface area (TPSA) is 146 Å². The van der Waals surface area contributed by atoms with Crippen LogP contribution in [0.5, 0.6) is 11.5 Å². The number of benzene rings is 3. The normalized spacial score (nSPS) is 10.9. The van der Waals surface area contributed by atoms with Gasteiger partial charge < -0.3 is 9.47 Å². The zero-order valence-electron chi connectivity index (χ0n) is 18.4. The van der Waals surface area contributed by atoms with Gasteiger partial charge in [-0.2, -0.15) is 5.26 Å². The summed E-state index contributed by atoms with van der Waals surface area (Å²) >= 11 is 5.89. The highest BCUT2D eigenvalue weighted by Crippen LogP contribution is 2.33. The molecule has 0 aliphatic heterocycles. The molecule has 10 nitrogen and oxygen atoms in total. The Kier molecular flexibility index (Phi) is 7.43. The van der Waals surface area contributed by atoms with Crippen LogP contribution >= 0.6 is 11.6 Å². The third-order valence-corrected chi connectivity index (χ3v) is 5.21. The predicted octanol–water partition coefficient (Wildman–Crippen LogP) is 5.76. The summed E-state index contributed by atoms with van der Waals surface area (Å²) in [4.78, 5) is 33.6. The van der Waals surface area contributed by atoms with Gasteiger partial charge in [-0.1, -0.05) is 29.8 Å². The van der Waals surface area contributed by atoms with Crippen LogP contribution in [0.2, 0.25) is 5.02 Å². The number of carbonyl (C=O) groups is 1. The summed E-state index contributed by atoms with van der Waals surface area (Å²) in [6.45, 7) is 1.22. The number of hydrogen-bond donors (Lipinski definition) is 0. The van der Waals surface area contributed by atoms with Gasteiger partial charge in [-0.05, 0) is 48.4 Å². The number of nitro groups is 2.